The van der Waals surface area contributed by atoms with Crippen LogP contribution in [0.5, 0.6) is 0 Å². The van der Waals surface area contributed by atoms with E-state index in [1.54, 1.807) is 12.1 Å². The molecule has 0 amide bonds. The standard InChI is InChI=1S/C29H31F4N3/c1-3-18-13-14-25(21-15-17(2)16-23(30)26(18)21)35-28-20-10-5-4-6-12-24(20)34-27(36-28)19-9-7-8-11-22(19)29(31,32)33/h7-9,11,15-16,18,25H,3-6,10,12-14H2,1-2H3,(H,34,35,36). The third kappa shape index (κ3) is 4.72. The molecule has 0 fully saturated rings. The lowest BCUT2D eigenvalue weighted by Gasteiger charge is -2.33. The number of anilines is 1. The fraction of sp³-hybridized carbons (Fsp3) is 0.448. The molecule has 0 saturated heterocycles. The number of hydrogen-bond acceptors (Lipinski definition) is 3. The third-order valence-corrected chi connectivity index (χ3v) is 7.60. The smallest absolute Gasteiger partial charge is 0.363 e. The summed E-state index contributed by atoms with van der Waals surface area (Å²) >= 11 is 0. The van der Waals surface area contributed by atoms with Crippen LogP contribution in [0.25, 0.3) is 11.4 Å². The Labute approximate surface area is 209 Å². The maximum Gasteiger partial charge on any atom is 0.417 e. The van der Waals surface area contributed by atoms with E-state index in [9.17, 15) is 13.2 Å². The molecule has 1 heterocycles. The SMILES string of the molecule is CCC1CCC(Nc2nc(-c3ccccc3C(F)(F)F)nc3c2CCCCC3)c2cc(C)cc(F)c21. The van der Waals surface area contributed by atoms with E-state index in [0.717, 1.165) is 79.0 Å². The van der Waals surface area contributed by atoms with Crippen molar-refractivity contribution in [3.05, 3.63) is 75.7 Å². The summed E-state index contributed by atoms with van der Waals surface area (Å²) in [5, 5.41) is 3.56. The highest BCUT2D eigenvalue weighted by Crippen LogP contribution is 2.43. The van der Waals surface area contributed by atoms with Crippen molar-refractivity contribution in [1.29, 1.82) is 0 Å². The number of nitrogens with one attached hydrogen (secondary N) is 1. The number of fused-ring (bicyclic) bond motifs is 2. The summed E-state index contributed by atoms with van der Waals surface area (Å²) in [5.41, 5.74) is 3.59. The number of rotatable bonds is 4. The second kappa shape index (κ2) is 9.83. The Kier molecular flexibility index (Phi) is 6.75. The van der Waals surface area contributed by atoms with Crippen molar-refractivity contribution >= 4 is 5.82 Å². The predicted molar refractivity (Wildman–Crippen MR) is 133 cm³/mol. The average molecular weight is 498 g/mol. The van der Waals surface area contributed by atoms with E-state index >= 15 is 4.39 Å². The molecule has 0 bridgehead atoms. The lowest BCUT2D eigenvalue weighted by atomic mass is 9.78. The van der Waals surface area contributed by atoms with Gasteiger partial charge in [0, 0.05) is 16.8 Å². The zero-order valence-corrected chi connectivity index (χ0v) is 20.7. The molecular weight excluding hydrogens is 466 g/mol. The van der Waals surface area contributed by atoms with Gasteiger partial charge in [-0.3, -0.25) is 0 Å². The summed E-state index contributed by atoms with van der Waals surface area (Å²) in [6.45, 7) is 3.97. The Hall–Kier alpha value is -2.96. The first-order chi connectivity index (χ1) is 17.3. The van der Waals surface area contributed by atoms with Crippen LogP contribution in [0.2, 0.25) is 0 Å². The normalized spacial score (nSPS) is 19.8. The summed E-state index contributed by atoms with van der Waals surface area (Å²) in [6, 6.07) is 8.95. The number of aryl methyl sites for hydroxylation is 2. The predicted octanol–water partition coefficient (Wildman–Crippen LogP) is 8.32. The number of benzene rings is 2. The van der Waals surface area contributed by atoms with Gasteiger partial charge in [-0.15, -0.1) is 0 Å². The largest absolute Gasteiger partial charge is 0.417 e. The van der Waals surface area contributed by atoms with E-state index in [2.05, 4.69) is 17.2 Å². The van der Waals surface area contributed by atoms with Gasteiger partial charge in [0.05, 0.1) is 11.6 Å². The highest BCUT2D eigenvalue weighted by atomic mass is 19.4. The van der Waals surface area contributed by atoms with Gasteiger partial charge in [0.25, 0.3) is 0 Å². The van der Waals surface area contributed by atoms with Crippen LogP contribution in [-0.4, -0.2) is 9.97 Å². The number of halogens is 4. The van der Waals surface area contributed by atoms with Crippen molar-refractivity contribution in [1.82, 2.24) is 9.97 Å². The Morgan fingerprint density at radius 2 is 1.78 bits per heavy atom. The second-order valence-electron chi connectivity index (χ2n) is 10.1. The molecule has 3 nitrogen and oxygen atoms in total. The lowest BCUT2D eigenvalue weighted by Crippen LogP contribution is -2.23. The van der Waals surface area contributed by atoms with Crippen molar-refractivity contribution in [2.75, 3.05) is 5.32 Å². The molecule has 2 aliphatic rings. The zero-order valence-electron chi connectivity index (χ0n) is 20.7. The van der Waals surface area contributed by atoms with Gasteiger partial charge in [0.2, 0.25) is 0 Å². The molecule has 1 aromatic heterocycles. The van der Waals surface area contributed by atoms with Gasteiger partial charge in [-0.25, -0.2) is 14.4 Å². The maximum atomic E-state index is 15.1. The van der Waals surface area contributed by atoms with Crippen molar-refractivity contribution < 1.29 is 17.6 Å². The topological polar surface area (TPSA) is 37.8 Å². The minimum absolute atomic E-state index is 0.0166. The van der Waals surface area contributed by atoms with Crippen LogP contribution in [0.3, 0.4) is 0 Å². The van der Waals surface area contributed by atoms with Gasteiger partial charge in [-0.1, -0.05) is 37.6 Å². The Bertz CT molecular complexity index is 1270. The highest BCUT2D eigenvalue weighted by Gasteiger charge is 2.35. The first-order valence-electron chi connectivity index (χ1n) is 12.9. The van der Waals surface area contributed by atoms with Crippen LogP contribution in [0.1, 0.15) is 90.9 Å². The molecule has 0 aliphatic heterocycles. The summed E-state index contributed by atoms with van der Waals surface area (Å²) in [4.78, 5) is 9.37. The molecule has 2 aromatic carbocycles. The van der Waals surface area contributed by atoms with Gasteiger partial charge < -0.3 is 5.32 Å². The number of alkyl halides is 3. The Morgan fingerprint density at radius 3 is 2.56 bits per heavy atom. The van der Waals surface area contributed by atoms with Crippen molar-refractivity contribution in [3.63, 3.8) is 0 Å². The number of nitrogens with zero attached hydrogens (tertiary/aromatic N) is 2. The Morgan fingerprint density at radius 1 is 1.00 bits per heavy atom. The minimum atomic E-state index is -4.51. The number of hydrogen-bond donors (Lipinski definition) is 1. The molecule has 0 saturated carbocycles. The fourth-order valence-corrected chi connectivity index (χ4v) is 5.83. The van der Waals surface area contributed by atoms with Crippen LogP contribution in [-0.2, 0) is 19.0 Å². The molecule has 2 aliphatic carbocycles. The van der Waals surface area contributed by atoms with Crippen LogP contribution in [0.15, 0.2) is 36.4 Å². The van der Waals surface area contributed by atoms with Gasteiger partial charge in [-0.2, -0.15) is 13.2 Å². The molecule has 2 atom stereocenters. The maximum absolute atomic E-state index is 15.1. The quantitative estimate of drug-likeness (QED) is 0.291. The third-order valence-electron chi connectivity index (χ3n) is 7.60. The molecule has 7 heteroatoms. The Balaban J connectivity index is 1.62. The average Bonchev–Trinajstić information content (AvgIpc) is 3.09. The van der Waals surface area contributed by atoms with E-state index < -0.39 is 11.7 Å². The summed E-state index contributed by atoms with van der Waals surface area (Å²) in [6.07, 6.45) is 2.46. The molecule has 1 N–H and O–H groups in total. The van der Waals surface area contributed by atoms with E-state index in [-0.39, 0.29) is 29.2 Å². The van der Waals surface area contributed by atoms with Crippen LogP contribution in [0.4, 0.5) is 23.4 Å². The summed E-state index contributed by atoms with van der Waals surface area (Å²) in [7, 11) is 0. The minimum Gasteiger partial charge on any atom is -0.363 e. The van der Waals surface area contributed by atoms with Crippen LogP contribution in [0, 0.1) is 12.7 Å². The second-order valence-corrected chi connectivity index (χ2v) is 10.1. The fourth-order valence-electron chi connectivity index (χ4n) is 5.83. The van der Waals surface area contributed by atoms with Gasteiger partial charge >= 0.3 is 6.18 Å². The molecular formula is C29H31F4N3. The molecule has 190 valence electrons. The molecule has 0 spiro atoms. The van der Waals surface area contributed by atoms with E-state index in [1.165, 1.54) is 12.1 Å². The van der Waals surface area contributed by atoms with Crippen molar-refractivity contribution in [3.8, 4) is 11.4 Å². The first-order valence-corrected chi connectivity index (χ1v) is 12.9. The van der Waals surface area contributed by atoms with E-state index in [4.69, 9.17) is 4.98 Å². The van der Waals surface area contributed by atoms with E-state index in [1.807, 2.05) is 13.0 Å². The monoisotopic (exact) mass is 497 g/mol. The van der Waals surface area contributed by atoms with Crippen molar-refractivity contribution in [2.45, 2.75) is 83.4 Å². The highest BCUT2D eigenvalue weighted by molar-refractivity contribution is 5.65. The van der Waals surface area contributed by atoms with Gasteiger partial charge in [0.15, 0.2) is 5.82 Å². The molecule has 2 unspecified atom stereocenters. The zero-order chi connectivity index (χ0) is 25.4. The number of aromatic nitrogens is 2. The molecule has 36 heavy (non-hydrogen) atoms. The first kappa shape index (κ1) is 24.7. The van der Waals surface area contributed by atoms with Crippen LogP contribution >= 0.6 is 0 Å². The van der Waals surface area contributed by atoms with E-state index in [0.29, 0.717) is 12.2 Å². The molecule has 5 rings (SSSR count). The van der Waals surface area contributed by atoms with Crippen molar-refractivity contribution in [2.24, 2.45) is 0 Å². The van der Waals surface area contributed by atoms with Gasteiger partial charge in [0.1, 0.15) is 11.6 Å². The van der Waals surface area contributed by atoms with Crippen LogP contribution < -0.4 is 5.32 Å². The molecule has 0 radical (unpaired) electrons. The summed E-state index contributed by atoms with van der Waals surface area (Å²) in [5.74, 6) is 0.658. The van der Waals surface area contributed by atoms with Gasteiger partial charge in [-0.05, 0) is 86.6 Å². The lowest BCUT2D eigenvalue weighted by molar-refractivity contribution is -0.137. The molecule has 3 aromatic rings. The summed E-state index contributed by atoms with van der Waals surface area (Å²) < 4.78 is 56.5.